The lowest BCUT2D eigenvalue weighted by atomic mass is 9.77. The van der Waals surface area contributed by atoms with E-state index in [1.165, 1.54) is 62.2 Å². The largest absolute Gasteiger partial charge is 0.368 e. The van der Waals surface area contributed by atoms with Crippen LogP contribution in [0.1, 0.15) is 150 Å². The fraction of sp³-hybridized carbons (Fsp3) is 0.594. The standard InChI is InChI=1S/C26H33F2N9O.C23H29F2N9.C15H22ClFN4/c1-14-20(12-26(2,3)36-9-5-6-21(14)36)30-23-18(28)13-29-24(32-23)31-19-11-22(37-25(38)35(4)33-34-37)16(10-17(19)27)15-7-8-15;1-13-18(11-23(3,4)33-9-5-6-19(13)33)28-21-17(25)12-26-22(29-21)27-15-7-8-16(24)20(10-15)34-14(2)30-31-32-34;1-9-11(19-13-10(17)8-18-14(16)20-13)7-15(2,3)21-6-4-5-12(9)21/h10-11,13-15,20-21H,5-9,12H2,1-4H3,(H2,29,30,31,32);7-8,10,12-13,18-19H,5-6,9,11H2,1-4H3,(H2,26,27,28,29);8-9,11-12H,4-7H2,1-3H3,(H,18,19,20). The lowest BCUT2D eigenvalue weighted by Crippen LogP contribution is -2.59. The molecule has 5 aromatic heterocycles. The number of fused-ring (bicyclic) bond motifs is 3. The number of aromatic nitrogens is 14. The zero-order valence-corrected chi connectivity index (χ0v) is 55.3. The Kier molecular flexibility index (Phi) is 18.3. The van der Waals surface area contributed by atoms with Crippen molar-refractivity contribution in [1.82, 2.24) is 84.6 Å². The van der Waals surface area contributed by atoms with Gasteiger partial charge in [-0.25, -0.2) is 41.7 Å². The zero-order chi connectivity index (χ0) is 66.0. The lowest BCUT2D eigenvalue weighted by Gasteiger charge is -2.51. The molecular formula is C64H84ClF5N22O. The van der Waals surface area contributed by atoms with Crippen LogP contribution in [0.3, 0.4) is 0 Å². The van der Waals surface area contributed by atoms with Gasteiger partial charge in [0.1, 0.15) is 17.3 Å². The Morgan fingerprint density at radius 1 is 0.548 bits per heavy atom. The molecular weight excluding hydrogens is 1220 g/mol. The van der Waals surface area contributed by atoms with E-state index in [0.29, 0.717) is 58.6 Å². The predicted molar refractivity (Wildman–Crippen MR) is 345 cm³/mol. The number of anilines is 7. The number of hydrogen-bond donors (Lipinski definition) is 5. The molecule has 498 valence electrons. The molecule has 9 unspecified atom stereocenters. The summed E-state index contributed by atoms with van der Waals surface area (Å²) in [4.78, 5) is 44.9. The van der Waals surface area contributed by atoms with E-state index in [1.807, 2.05) is 0 Å². The first-order valence-electron chi connectivity index (χ1n) is 32.5. The van der Waals surface area contributed by atoms with Crippen molar-refractivity contribution >= 4 is 52.3 Å². The van der Waals surface area contributed by atoms with Crippen LogP contribution in [-0.2, 0) is 7.05 Å². The molecule has 2 aromatic carbocycles. The second kappa shape index (κ2) is 26.0. The summed E-state index contributed by atoms with van der Waals surface area (Å²) in [6.45, 7) is 25.3. The van der Waals surface area contributed by atoms with Gasteiger partial charge in [-0.15, -0.1) is 5.10 Å². The van der Waals surface area contributed by atoms with Gasteiger partial charge in [-0.3, -0.25) is 14.7 Å². The second-order valence-corrected chi connectivity index (χ2v) is 28.6. The van der Waals surface area contributed by atoms with Gasteiger partial charge in [-0.2, -0.15) is 29.0 Å². The van der Waals surface area contributed by atoms with Crippen molar-refractivity contribution in [3.63, 3.8) is 0 Å². The summed E-state index contributed by atoms with van der Waals surface area (Å²) in [6, 6.07) is 9.15. The average Bonchev–Trinajstić information content (AvgIpc) is 1.82. The second-order valence-electron chi connectivity index (χ2n) is 28.2. The van der Waals surface area contributed by atoms with E-state index in [-0.39, 0.29) is 86.7 Å². The van der Waals surface area contributed by atoms with Crippen LogP contribution >= 0.6 is 11.6 Å². The number of halogens is 6. The molecule has 11 heterocycles. The third kappa shape index (κ3) is 13.6. The Hall–Kier alpha value is -7.56. The van der Waals surface area contributed by atoms with Crippen LogP contribution < -0.4 is 32.3 Å². The number of hydrogen-bond acceptors (Lipinski definition) is 20. The highest BCUT2D eigenvalue weighted by atomic mass is 35.5. The molecule has 23 nitrogen and oxygen atoms in total. The van der Waals surface area contributed by atoms with Crippen LogP contribution in [0.25, 0.3) is 11.4 Å². The van der Waals surface area contributed by atoms with Gasteiger partial charge < -0.3 is 26.6 Å². The van der Waals surface area contributed by atoms with Crippen LogP contribution in [-0.4, -0.2) is 157 Å². The summed E-state index contributed by atoms with van der Waals surface area (Å²) in [5.74, 6) is -0.0368. The van der Waals surface area contributed by atoms with Gasteiger partial charge in [0, 0.05) is 65.6 Å². The van der Waals surface area contributed by atoms with Crippen molar-refractivity contribution < 1.29 is 22.0 Å². The van der Waals surface area contributed by atoms with E-state index in [0.717, 1.165) is 86.0 Å². The van der Waals surface area contributed by atoms with Gasteiger partial charge in [0.2, 0.25) is 17.2 Å². The fourth-order valence-electron chi connectivity index (χ4n) is 15.7. The summed E-state index contributed by atoms with van der Waals surface area (Å²) < 4.78 is 76.6. The first-order valence-corrected chi connectivity index (χ1v) is 32.9. The van der Waals surface area contributed by atoms with E-state index in [2.05, 4.69) is 159 Å². The maximum atomic E-state index is 15.2. The van der Waals surface area contributed by atoms with Crippen molar-refractivity contribution in [3.8, 4) is 11.4 Å². The lowest BCUT2D eigenvalue weighted by molar-refractivity contribution is 0.0163. The minimum Gasteiger partial charge on any atom is -0.364 e. The van der Waals surface area contributed by atoms with Gasteiger partial charge in [0.25, 0.3) is 0 Å². The molecule has 14 rings (SSSR count). The highest BCUT2D eigenvalue weighted by molar-refractivity contribution is 6.28. The Bertz CT molecular complexity index is 3920. The van der Waals surface area contributed by atoms with E-state index in [1.54, 1.807) is 19.1 Å². The molecule has 0 radical (unpaired) electrons. The van der Waals surface area contributed by atoms with Crippen molar-refractivity contribution in [2.45, 2.75) is 199 Å². The monoisotopic (exact) mass is 1310 g/mol. The quantitative estimate of drug-likeness (QED) is 0.0532. The molecule has 7 fully saturated rings. The Morgan fingerprint density at radius 3 is 1.49 bits per heavy atom. The molecule has 29 heteroatoms. The first kappa shape index (κ1) is 65.5. The van der Waals surface area contributed by atoms with Crippen molar-refractivity contribution in [2.24, 2.45) is 24.8 Å². The van der Waals surface area contributed by atoms with Crippen LogP contribution in [0.15, 0.2) is 53.7 Å². The first-order chi connectivity index (χ1) is 44.2. The summed E-state index contributed by atoms with van der Waals surface area (Å²) >= 11 is 5.78. The number of tetrazole rings is 2. The van der Waals surface area contributed by atoms with Gasteiger partial charge in [0.15, 0.2) is 40.7 Å². The van der Waals surface area contributed by atoms with E-state index in [4.69, 9.17) is 11.6 Å². The molecule has 1 saturated carbocycles. The molecule has 9 atom stereocenters. The summed E-state index contributed by atoms with van der Waals surface area (Å²) in [6.07, 6.45) is 15.0. The van der Waals surface area contributed by atoms with Gasteiger partial charge in [-0.1, -0.05) is 20.8 Å². The average molecular weight is 1310 g/mol. The number of piperidine rings is 3. The third-order valence-electron chi connectivity index (χ3n) is 20.7. The van der Waals surface area contributed by atoms with Crippen molar-refractivity contribution in [2.75, 3.05) is 46.2 Å². The maximum absolute atomic E-state index is 15.2. The molecule has 0 bridgehead atoms. The Morgan fingerprint density at radius 2 is 1.03 bits per heavy atom. The number of nitrogens with one attached hydrogen (secondary N) is 5. The summed E-state index contributed by atoms with van der Waals surface area (Å²) in [5.41, 5.74) is 1.66. The van der Waals surface area contributed by atoms with Crippen LogP contribution in [0.4, 0.5) is 62.7 Å². The third-order valence-corrected chi connectivity index (χ3v) is 20.9. The highest BCUT2D eigenvalue weighted by Gasteiger charge is 2.50. The van der Waals surface area contributed by atoms with Gasteiger partial charge >= 0.3 is 5.69 Å². The SMILES string of the molecule is CC1C(Nc2nc(Cl)ncc2F)CC(C)(C)N2CCCC12.CC1C(Nc2nc(Nc3cc(-n4nnn(C)c4=O)c(C4CC4)cc3F)ncc2F)CC(C)(C)N2CCCC12.Cc1nnnn1-c1cc(Nc2ncc(F)c(NC3CC(C)(C)N4CCCC4C3C)n2)ccc1F. The molecule has 0 spiro atoms. The number of nitrogens with zero attached hydrogens (tertiary/aromatic N) is 17. The maximum Gasteiger partial charge on any atom is 0.368 e. The molecule has 5 N–H and O–H groups in total. The Balaban J connectivity index is 0.000000140. The smallest absolute Gasteiger partial charge is 0.364 e. The summed E-state index contributed by atoms with van der Waals surface area (Å²) in [7, 11) is 1.50. The van der Waals surface area contributed by atoms with Crippen molar-refractivity contribution in [1.29, 1.82) is 0 Å². The topological polar surface area (TPSA) is 244 Å². The van der Waals surface area contributed by atoms with E-state index < -0.39 is 34.8 Å². The minimum atomic E-state index is -0.564. The highest BCUT2D eigenvalue weighted by Crippen LogP contribution is 2.47. The van der Waals surface area contributed by atoms with Crippen LogP contribution in [0.2, 0.25) is 5.28 Å². The van der Waals surface area contributed by atoms with Crippen molar-refractivity contribution in [3.05, 3.63) is 105 Å². The Labute approximate surface area is 542 Å². The van der Waals surface area contributed by atoms with E-state index >= 15 is 4.39 Å². The molecule has 7 aromatic rings. The zero-order valence-electron chi connectivity index (χ0n) is 54.6. The fourth-order valence-corrected chi connectivity index (χ4v) is 15.8. The van der Waals surface area contributed by atoms with Crippen LogP contribution in [0.5, 0.6) is 0 Å². The minimum absolute atomic E-state index is 0.00280. The molecule has 6 saturated heterocycles. The predicted octanol–water partition coefficient (Wildman–Crippen LogP) is 10.9. The molecule has 7 aliphatic rings. The normalized spacial score (nSPS) is 26.2. The number of benzene rings is 2. The molecule has 0 amide bonds. The molecule has 93 heavy (non-hydrogen) atoms. The van der Waals surface area contributed by atoms with Gasteiger partial charge in [0.05, 0.1) is 30.0 Å². The van der Waals surface area contributed by atoms with Gasteiger partial charge in [-0.05, 0) is 231 Å². The molecule has 1 aliphatic carbocycles. The number of aryl methyl sites for hydroxylation is 2. The van der Waals surface area contributed by atoms with E-state index in [9.17, 15) is 22.4 Å². The number of rotatable bonds is 13. The molecule has 6 aliphatic heterocycles. The summed E-state index contributed by atoms with van der Waals surface area (Å²) in [5, 5.41) is 34.9. The van der Waals surface area contributed by atoms with Crippen LogP contribution in [0, 0.1) is 53.8 Å².